The van der Waals surface area contributed by atoms with Gasteiger partial charge in [-0.1, -0.05) is 13.8 Å². The third-order valence-electron chi connectivity index (χ3n) is 3.19. The molecule has 0 saturated heterocycles. The Morgan fingerprint density at radius 2 is 2.08 bits per heavy atom. The minimum absolute atomic E-state index is 0. The van der Waals surface area contributed by atoms with Crippen molar-refractivity contribution in [1.82, 2.24) is 10.6 Å². The number of hydrogen-bond acceptors (Lipinski definition) is 4. The monoisotopic (exact) mass is 469 g/mol. The molecule has 0 amide bonds. The third kappa shape index (κ3) is 12.9. The fourth-order valence-electron chi connectivity index (χ4n) is 1.85. The number of thioether (sulfide) groups is 1. The van der Waals surface area contributed by atoms with Crippen LogP contribution in [0.4, 0.5) is 0 Å². The zero-order valence-corrected chi connectivity index (χ0v) is 18.2. The fraction of sp³-hybridized carbons (Fsp3) is 0.706. The maximum atomic E-state index is 5.60. The fourth-order valence-corrected chi connectivity index (χ4v) is 2.15. The number of aliphatic imine (C=N–C) groups is 1. The highest BCUT2D eigenvalue weighted by Crippen LogP contribution is 2.00. The van der Waals surface area contributed by atoms with Crippen LogP contribution in [0.25, 0.3) is 0 Å². The van der Waals surface area contributed by atoms with Crippen molar-refractivity contribution in [3.05, 3.63) is 24.2 Å². The van der Waals surface area contributed by atoms with Gasteiger partial charge in [0.1, 0.15) is 5.76 Å². The van der Waals surface area contributed by atoms with Crippen LogP contribution in [0.1, 0.15) is 26.0 Å². The quantitative estimate of drug-likeness (QED) is 0.213. The molecule has 0 aromatic carbocycles. The van der Waals surface area contributed by atoms with E-state index in [1.807, 2.05) is 23.9 Å². The van der Waals surface area contributed by atoms with Gasteiger partial charge in [-0.25, -0.2) is 0 Å². The van der Waals surface area contributed by atoms with Gasteiger partial charge < -0.3 is 19.8 Å². The molecule has 0 aliphatic heterocycles. The normalized spacial score (nSPS) is 11.4. The first kappa shape index (κ1) is 23.6. The van der Waals surface area contributed by atoms with Crippen LogP contribution >= 0.6 is 35.7 Å². The van der Waals surface area contributed by atoms with E-state index in [1.165, 1.54) is 0 Å². The average Bonchev–Trinajstić information content (AvgIpc) is 3.03. The number of furan rings is 1. The summed E-state index contributed by atoms with van der Waals surface area (Å²) in [7, 11) is 0. The van der Waals surface area contributed by atoms with Crippen molar-refractivity contribution in [2.24, 2.45) is 10.9 Å². The van der Waals surface area contributed by atoms with E-state index in [9.17, 15) is 0 Å². The van der Waals surface area contributed by atoms with Gasteiger partial charge in [0.25, 0.3) is 0 Å². The Balaban J connectivity index is 0.00000529. The molecule has 0 aliphatic rings. The Kier molecular flexibility index (Phi) is 15.8. The van der Waals surface area contributed by atoms with Crippen molar-refractivity contribution >= 4 is 41.7 Å². The zero-order chi connectivity index (χ0) is 16.8. The number of ether oxygens (including phenoxy) is 1. The summed E-state index contributed by atoms with van der Waals surface area (Å²) in [5.74, 6) is 3.57. The van der Waals surface area contributed by atoms with E-state index in [4.69, 9.17) is 9.15 Å². The van der Waals surface area contributed by atoms with Gasteiger partial charge >= 0.3 is 0 Å². The minimum Gasteiger partial charge on any atom is -0.469 e. The summed E-state index contributed by atoms with van der Waals surface area (Å²) in [5.41, 5.74) is 0. The van der Waals surface area contributed by atoms with E-state index in [0.29, 0.717) is 19.1 Å². The third-order valence-corrected chi connectivity index (χ3v) is 3.80. The van der Waals surface area contributed by atoms with E-state index < -0.39 is 0 Å². The van der Waals surface area contributed by atoms with Crippen molar-refractivity contribution in [3.63, 3.8) is 0 Å². The van der Waals surface area contributed by atoms with Gasteiger partial charge in [0.15, 0.2) is 5.96 Å². The molecule has 0 spiro atoms. The Labute approximate surface area is 167 Å². The first-order valence-electron chi connectivity index (χ1n) is 8.33. The van der Waals surface area contributed by atoms with Gasteiger partial charge in [-0.05, 0) is 30.7 Å². The predicted molar refractivity (Wildman–Crippen MR) is 115 cm³/mol. The van der Waals surface area contributed by atoms with Gasteiger partial charge in [-0.15, -0.1) is 24.0 Å². The van der Waals surface area contributed by atoms with Crippen LogP contribution in [-0.2, 0) is 11.2 Å². The molecule has 1 aromatic heterocycles. The maximum Gasteiger partial charge on any atom is 0.191 e. The number of halogens is 1. The summed E-state index contributed by atoms with van der Waals surface area (Å²) in [6.07, 6.45) is 5.76. The van der Waals surface area contributed by atoms with E-state index in [1.54, 1.807) is 6.26 Å². The van der Waals surface area contributed by atoms with Crippen LogP contribution in [0.5, 0.6) is 0 Å². The molecule has 1 aromatic rings. The van der Waals surface area contributed by atoms with Crippen molar-refractivity contribution in [2.75, 3.05) is 44.9 Å². The highest BCUT2D eigenvalue weighted by atomic mass is 127. The van der Waals surface area contributed by atoms with Crippen LogP contribution < -0.4 is 10.6 Å². The Morgan fingerprint density at radius 3 is 2.75 bits per heavy atom. The molecular formula is C17H32IN3O2S. The molecule has 5 nitrogen and oxygen atoms in total. The topological polar surface area (TPSA) is 58.8 Å². The first-order chi connectivity index (χ1) is 11.2. The molecule has 140 valence electrons. The summed E-state index contributed by atoms with van der Waals surface area (Å²) in [6.45, 7) is 8.27. The molecular weight excluding hydrogens is 437 g/mol. The summed E-state index contributed by atoms with van der Waals surface area (Å²) in [6, 6.07) is 3.90. The Hall–Kier alpha value is -0.410. The molecule has 2 N–H and O–H groups in total. The summed E-state index contributed by atoms with van der Waals surface area (Å²) >= 11 is 1.82. The van der Waals surface area contributed by atoms with Crippen LogP contribution in [-0.4, -0.2) is 50.8 Å². The Bertz CT molecular complexity index is 414. The van der Waals surface area contributed by atoms with Gasteiger partial charge in [-0.3, -0.25) is 4.99 Å². The van der Waals surface area contributed by atoms with Crippen LogP contribution in [0.3, 0.4) is 0 Å². The van der Waals surface area contributed by atoms with Crippen molar-refractivity contribution in [2.45, 2.75) is 26.7 Å². The molecule has 1 heterocycles. The molecule has 0 atom stereocenters. The highest BCUT2D eigenvalue weighted by molar-refractivity contribution is 14.0. The van der Waals surface area contributed by atoms with Crippen LogP contribution in [0, 0.1) is 5.92 Å². The average molecular weight is 469 g/mol. The predicted octanol–water partition coefficient (Wildman–Crippen LogP) is 3.40. The van der Waals surface area contributed by atoms with Gasteiger partial charge in [0, 0.05) is 31.9 Å². The lowest BCUT2D eigenvalue weighted by Gasteiger charge is -2.12. The molecule has 0 unspecified atom stereocenters. The number of rotatable bonds is 12. The minimum atomic E-state index is 0. The molecule has 0 radical (unpaired) electrons. The summed E-state index contributed by atoms with van der Waals surface area (Å²) in [5, 5.41) is 6.68. The lowest BCUT2D eigenvalue weighted by Crippen LogP contribution is -2.39. The second kappa shape index (κ2) is 16.1. The number of guanidine groups is 1. The van der Waals surface area contributed by atoms with Crippen molar-refractivity contribution in [1.29, 1.82) is 0 Å². The first-order valence-corrected chi connectivity index (χ1v) is 9.73. The lowest BCUT2D eigenvalue weighted by atomic mass is 10.1. The van der Waals surface area contributed by atoms with E-state index >= 15 is 0 Å². The number of hydrogen-bond donors (Lipinski definition) is 2. The standard InChI is InChI=1S/C17H31N3O2S.HI/c1-15(2)7-12-21-13-9-19-17(20-10-14-23-3)18-8-6-16-5-4-11-22-16;/h4-5,11,15H,6-10,12-14H2,1-3H3,(H2,18,19,20);1H. The van der Waals surface area contributed by atoms with E-state index in [2.05, 4.69) is 35.7 Å². The lowest BCUT2D eigenvalue weighted by molar-refractivity contribution is 0.130. The molecule has 24 heavy (non-hydrogen) atoms. The zero-order valence-electron chi connectivity index (χ0n) is 15.0. The van der Waals surface area contributed by atoms with E-state index in [-0.39, 0.29) is 24.0 Å². The molecule has 0 bridgehead atoms. The van der Waals surface area contributed by atoms with E-state index in [0.717, 1.165) is 50.0 Å². The van der Waals surface area contributed by atoms with Crippen molar-refractivity contribution < 1.29 is 9.15 Å². The second-order valence-electron chi connectivity index (χ2n) is 5.70. The second-order valence-corrected chi connectivity index (χ2v) is 6.69. The van der Waals surface area contributed by atoms with Crippen LogP contribution in [0.15, 0.2) is 27.8 Å². The molecule has 0 fully saturated rings. The number of nitrogens with zero attached hydrogens (tertiary/aromatic N) is 1. The van der Waals surface area contributed by atoms with Crippen LogP contribution in [0.2, 0.25) is 0 Å². The number of nitrogens with one attached hydrogen (secondary N) is 2. The van der Waals surface area contributed by atoms with Crippen molar-refractivity contribution in [3.8, 4) is 0 Å². The Morgan fingerprint density at radius 1 is 1.29 bits per heavy atom. The molecule has 1 rings (SSSR count). The molecule has 0 aliphatic carbocycles. The smallest absolute Gasteiger partial charge is 0.191 e. The van der Waals surface area contributed by atoms with Gasteiger partial charge in [0.2, 0.25) is 0 Å². The molecule has 0 saturated carbocycles. The summed E-state index contributed by atoms with van der Waals surface area (Å²) in [4.78, 5) is 4.56. The SMILES string of the molecule is CSCCNC(=NCCOCCC(C)C)NCCc1ccco1.I. The van der Waals surface area contributed by atoms with Gasteiger partial charge in [-0.2, -0.15) is 11.8 Å². The van der Waals surface area contributed by atoms with Gasteiger partial charge in [0.05, 0.1) is 19.4 Å². The highest BCUT2D eigenvalue weighted by Gasteiger charge is 2.00. The maximum absolute atomic E-state index is 5.60. The largest absolute Gasteiger partial charge is 0.469 e. The molecule has 7 heteroatoms. The summed E-state index contributed by atoms with van der Waals surface area (Å²) < 4.78 is 10.9.